The highest BCUT2D eigenvalue weighted by molar-refractivity contribution is 5.92. The Balaban J connectivity index is 1.88. The lowest BCUT2D eigenvalue weighted by molar-refractivity contribution is -0.384. The Morgan fingerprint density at radius 3 is 2.27 bits per heavy atom. The number of nitrogens with zero attached hydrogens (tertiary/aromatic N) is 2. The molecule has 0 saturated carbocycles. The van der Waals surface area contributed by atoms with Gasteiger partial charge in [0.25, 0.3) is 11.6 Å². The van der Waals surface area contributed by atoms with E-state index in [4.69, 9.17) is 4.74 Å². The van der Waals surface area contributed by atoms with Crippen molar-refractivity contribution in [1.82, 2.24) is 0 Å². The zero-order chi connectivity index (χ0) is 19.1. The smallest absolute Gasteiger partial charge is 0.269 e. The van der Waals surface area contributed by atoms with Crippen molar-refractivity contribution in [3.63, 3.8) is 0 Å². The van der Waals surface area contributed by atoms with E-state index >= 15 is 0 Å². The van der Waals surface area contributed by atoms with Crippen LogP contribution >= 0.6 is 0 Å². The molecular weight excluding hydrogens is 334 g/mol. The van der Waals surface area contributed by atoms with Crippen LogP contribution in [0.25, 0.3) is 0 Å². The molecule has 2 rings (SSSR count). The number of benzene rings is 2. The number of anilines is 2. The van der Waals surface area contributed by atoms with Crippen LogP contribution in [0, 0.1) is 10.1 Å². The first-order chi connectivity index (χ1) is 12.4. The topological polar surface area (TPSA) is 84.7 Å². The monoisotopic (exact) mass is 357 g/mol. The minimum Gasteiger partial charge on any atom is -0.484 e. The molecule has 0 heterocycles. The molecule has 0 spiro atoms. The first-order valence-corrected chi connectivity index (χ1v) is 8.44. The summed E-state index contributed by atoms with van der Waals surface area (Å²) < 4.78 is 5.34. The number of nitro benzene ring substituents is 1. The Kier molecular flexibility index (Phi) is 6.54. The molecule has 7 heteroatoms. The summed E-state index contributed by atoms with van der Waals surface area (Å²) in [6.45, 7) is 7.10. The van der Waals surface area contributed by atoms with Crippen molar-refractivity contribution >= 4 is 23.0 Å². The molecule has 1 amide bonds. The highest BCUT2D eigenvalue weighted by Crippen LogP contribution is 2.20. The van der Waals surface area contributed by atoms with Crippen molar-refractivity contribution in [3.05, 3.63) is 58.6 Å². The Bertz CT molecular complexity index is 742. The van der Waals surface area contributed by atoms with E-state index in [-0.39, 0.29) is 18.2 Å². The van der Waals surface area contributed by atoms with Crippen molar-refractivity contribution in [1.29, 1.82) is 0 Å². The Morgan fingerprint density at radius 2 is 1.77 bits per heavy atom. The van der Waals surface area contributed by atoms with Gasteiger partial charge in [-0.05, 0) is 57.2 Å². The summed E-state index contributed by atoms with van der Waals surface area (Å²) >= 11 is 0. The SMILES string of the molecule is CCN(c1ccc(NC(=O)COc2ccc([N+](=O)[O-])cc2)cc1)C(C)C. The van der Waals surface area contributed by atoms with Gasteiger partial charge < -0.3 is 15.0 Å². The van der Waals surface area contributed by atoms with Crippen LogP contribution in [0.5, 0.6) is 5.75 Å². The number of amides is 1. The molecule has 2 aromatic carbocycles. The van der Waals surface area contributed by atoms with Crippen LogP contribution in [0.4, 0.5) is 17.1 Å². The molecule has 0 radical (unpaired) electrons. The van der Waals surface area contributed by atoms with Crippen molar-refractivity contribution in [3.8, 4) is 5.75 Å². The molecule has 0 aliphatic carbocycles. The van der Waals surface area contributed by atoms with E-state index in [1.54, 1.807) is 0 Å². The van der Waals surface area contributed by atoms with E-state index in [0.717, 1.165) is 12.2 Å². The van der Waals surface area contributed by atoms with Crippen molar-refractivity contribution in [2.75, 3.05) is 23.4 Å². The van der Waals surface area contributed by atoms with Crippen LogP contribution in [0.1, 0.15) is 20.8 Å². The molecule has 0 fully saturated rings. The molecule has 1 N–H and O–H groups in total. The standard InChI is InChI=1S/C19H23N3O4/c1-4-21(14(2)3)16-7-5-15(6-8-16)20-19(23)13-26-18-11-9-17(10-12-18)22(24)25/h5-12,14H,4,13H2,1-3H3,(H,20,23). The Morgan fingerprint density at radius 1 is 1.15 bits per heavy atom. The van der Waals surface area contributed by atoms with Crippen molar-refractivity contribution in [2.45, 2.75) is 26.8 Å². The van der Waals surface area contributed by atoms with Crippen LogP contribution in [-0.2, 0) is 4.79 Å². The third kappa shape index (κ3) is 5.20. The number of non-ortho nitro benzene ring substituents is 1. The predicted octanol–water partition coefficient (Wildman–Crippen LogP) is 3.85. The summed E-state index contributed by atoms with van der Waals surface area (Å²) in [6, 6.07) is 13.6. The van der Waals surface area contributed by atoms with Crippen molar-refractivity contribution < 1.29 is 14.5 Å². The molecule has 138 valence electrons. The number of nitrogens with one attached hydrogen (secondary N) is 1. The largest absolute Gasteiger partial charge is 0.484 e. The molecule has 0 aliphatic rings. The van der Waals surface area contributed by atoms with Gasteiger partial charge in [-0.3, -0.25) is 14.9 Å². The fourth-order valence-corrected chi connectivity index (χ4v) is 2.59. The lowest BCUT2D eigenvalue weighted by atomic mass is 10.2. The molecule has 0 saturated heterocycles. The van der Waals surface area contributed by atoms with Gasteiger partial charge in [0.15, 0.2) is 6.61 Å². The van der Waals surface area contributed by atoms with Gasteiger partial charge in [-0.25, -0.2) is 0 Å². The van der Waals surface area contributed by atoms with Gasteiger partial charge in [0.1, 0.15) is 5.75 Å². The number of nitro groups is 1. The summed E-state index contributed by atoms with van der Waals surface area (Å²) in [5.74, 6) is 0.101. The molecule has 2 aromatic rings. The molecule has 0 aromatic heterocycles. The van der Waals surface area contributed by atoms with Crippen LogP contribution in [-0.4, -0.2) is 30.0 Å². The van der Waals surface area contributed by atoms with Gasteiger partial charge in [0.05, 0.1) is 4.92 Å². The minimum atomic E-state index is -0.487. The van der Waals surface area contributed by atoms with E-state index in [1.807, 2.05) is 24.3 Å². The van der Waals surface area contributed by atoms with Gasteiger partial charge in [-0.1, -0.05) is 0 Å². The van der Waals surface area contributed by atoms with E-state index in [0.29, 0.717) is 17.5 Å². The molecule has 0 bridgehead atoms. The predicted molar refractivity (Wildman–Crippen MR) is 102 cm³/mol. The maximum atomic E-state index is 12.0. The van der Waals surface area contributed by atoms with Gasteiger partial charge in [-0.2, -0.15) is 0 Å². The van der Waals surface area contributed by atoms with Gasteiger partial charge in [0.2, 0.25) is 0 Å². The minimum absolute atomic E-state index is 0.0237. The summed E-state index contributed by atoms with van der Waals surface area (Å²) in [4.78, 5) is 24.4. The fraction of sp³-hybridized carbons (Fsp3) is 0.316. The van der Waals surface area contributed by atoms with Crippen LogP contribution in [0.15, 0.2) is 48.5 Å². The average Bonchev–Trinajstić information content (AvgIpc) is 2.62. The van der Waals surface area contributed by atoms with Crippen LogP contribution in [0.2, 0.25) is 0 Å². The maximum Gasteiger partial charge on any atom is 0.269 e. The average molecular weight is 357 g/mol. The second-order valence-corrected chi connectivity index (χ2v) is 6.01. The molecule has 7 nitrogen and oxygen atoms in total. The third-order valence-corrected chi connectivity index (χ3v) is 3.86. The summed E-state index contributed by atoms with van der Waals surface area (Å²) in [6.07, 6.45) is 0. The van der Waals surface area contributed by atoms with Gasteiger partial charge in [0, 0.05) is 36.1 Å². The van der Waals surface area contributed by atoms with Crippen LogP contribution in [0.3, 0.4) is 0 Å². The van der Waals surface area contributed by atoms with Crippen molar-refractivity contribution in [2.24, 2.45) is 0 Å². The Labute approximate surface area is 152 Å². The molecular formula is C19H23N3O4. The number of ether oxygens (including phenoxy) is 1. The number of hydrogen-bond donors (Lipinski definition) is 1. The highest BCUT2D eigenvalue weighted by Gasteiger charge is 2.09. The summed E-state index contributed by atoms with van der Waals surface area (Å²) in [5.41, 5.74) is 1.76. The second-order valence-electron chi connectivity index (χ2n) is 6.01. The lowest BCUT2D eigenvalue weighted by Gasteiger charge is -2.27. The number of rotatable bonds is 8. The van der Waals surface area contributed by atoms with E-state index in [2.05, 4.69) is 31.0 Å². The Hall–Kier alpha value is -3.09. The normalized spacial score (nSPS) is 10.5. The van der Waals surface area contributed by atoms with Crippen LogP contribution < -0.4 is 15.0 Å². The molecule has 0 unspecified atom stereocenters. The number of carbonyl (C=O) groups is 1. The zero-order valence-corrected chi connectivity index (χ0v) is 15.1. The second kappa shape index (κ2) is 8.84. The van der Waals surface area contributed by atoms with E-state index in [1.165, 1.54) is 24.3 Å². The molecule has 0 atom stereocenters. The first kappa shape index (κ1) is 19.2. The maximum absolute atomic E-state index is 12.0. The summed E-state index contributed by atoms with van der Waals surface area (Å²) in [5, 5.41) is 13.4. The third-order valence-electron chi connectivity index (χ3n) is 3.86. The van der Waals surface area contributed by atoms with E-state index in [9.17, 15) is 14.9 Å². The van der Waals surface area contributed by atoms with Gasteiger partial charge in [-0.15, -0.1) is 0 Å². The lowest BCUT2D eigenvalue weighted by Crippen LogP contribution is -2.30. The quantitative estimate of drug-likeness (QED) is 0.573. The number of carbonyl (C=O) groups excluding carboxylic acids is 1. The highest BCUT2D eigenvalue weighted by atomic mass is 16.6. The van der Waals surface area contributed by atoms with E-state index < -0.39 is 4.92 Å². The molecule has 26 heavy (non-hydrogen) atoms. The molecule has 0 aliphatic heterocycles. The summed E-state index contributed by atoms with van der Waals surface area (Å²) in [7, 11) is 0. The first-order valence-electron chi connectivity index (χ1n) is 8.44. The van der Waals surface area contributed by atoms with Gasteiger partial charge >= 0.3 is 0 Å². The fourth-order valence-electron chi connectivity index (χ4n) is 2.59. The number of hydrogen-bond acceptors (Lipinski definition) is 5. The zero-order valence-electron chi connectivity index (χ0n) is 15.1.